The topological polar surface area (TPSA) is 67.4 Å². The van der Waals surface area contributed by atoms with Gasteiger partial charge < -0.3 is 19.6 Å². The SMILES string of the molecule is CCNC(=NCc1oc2ccccc2c1C)NCCCCn1ccnc1C. The fourth-order valence-corrected chi connectivity index (χ4v) is 3.12. The van der Waals surface area contributed by atoms with Crippen molar-refractivity contribution >= 4 is 16.9 Å². The summed E-state index contributed by atoms with van der Waals surface area (Å²) in [7, 11) is 0. The molecule has 0 saturated carbocycles. The number of unbranched alkanes of at least 4 members (excludes halogenated alkanes) is 1. The Labute approximate surface area is 160 Å². The number of hydrogen-bond donors (Lipinski definition) is 2. The van der Waals surface area contributed by atoms with Crippen molar-refractivity contribution in [2.75, 3.05) is 13.1 Å². The second-order valence-electron chi connectivity index (χ2n) is 6.64. The Bertz CT molecular complexity index is 893. The summed E-state index contributed by atoms with van der Waals surface area (Å²) < 4.78 is 8.14. The van der Waals surface area contributed by atoms with Crippen LogP contribution in [0.25, 0.3) is 11.0 Å². The zero-order valence-corrected chi connectivity index (χ0v) is 16.5. The number of aryl methyl sites for hydroxylation is 3. The molecule has 1 aromatic carbocycles. The van der Waals surface area contributed by atoms with Gasteiger partial charge in [0.05, 0.1) is 0 Å². The molecule has 144 valence electrons. The molecule has 2 N–H and O–H groups in total. The predicted octanol–water partition coefficient (Wildman–Crippen LogP) is 3.78. The number of benzene rings is 1. The average molecular weight is 367 g/mol. The van der Waals surface area contributed by atoms with E-state index in [-0.39, 0.29) is 0 Å². The van der Waals surface area contributed by atoms with Crippen molar-refractivity contribution in [2.24, 2.45) is 4.99 Å². The number of hydrogen-bond acceptors (Lipinski definition) is 3. The lowest BCUT2D eigenvalue weighted by atomic mass is 10.1. The molecular formula is C21H29N5O. The minimum absolute atomic E-state index is 0.532. The van der Waals surface area contributed by atoms with Crippen LogP contribution in [0.1, 0.15) is 36.9 Å². The lowest BCUT2D eigenvalue weighted by Gasteiger charge is -2.11. The molecule has 0 radical (unpaired) electrons. The highest BCUT2D eigenvalue weighted by atomic mass is 16.3. The third-order valence-corrected chi connectivity index (χ3v) is 4.71. The number of guanidine groups is 1. The molecule has 27 heavy (non-hydrogen) atoms. The van der Waals surface area contributed by atoms with Crippen LogP contribution in [0.15, 0.2) is 46.1 Å². The summed E-state index contributed by atoms with van der Waals surface area (Å²) in [6, 6.07) is 8.12. The molecule has 0 unspecified atom stereocenters. The van der Waals surface area contributed by atoms with Crippen LogP contribution in [0, 0.1) is 13.8 Å². The van der Waals surface area contributed by atoms with E-state index < -0.39 is 0 Å². The van der Waals surface area contributed by atoms with Crippen LogP contribution >= 0.6 is 0 Å². The van der Waals surface area contributed by atoms with Crippen LogP contribution in [-0.4, -0.2) is 28.6 Å². The maximum atomic E-state index is 5.95. The van der Waals surface area contributed by atoms with Gasteiger partial charge in [0.2, 0.25) is 0 Å². The molecule has 0 aliphatic heterocycles. The van der Waals surface area contributed by atoms with E-state index in [1.165, 1.54) is 5.56 Å². The van der Waals surface area contributed by atoms with Crippen LogP contribution in [0.4, 0.5) is 0 Å². The molecule has 2 aromatic heterocycles. The number of nitrogens with zero attached hydrogens (tertiary/aromatic N) is 3. The first-order valence-corrected chi connectivity index (χ1v) is 9.66. The molecular weight excluding hydrogens is 338 g/mol. The summed E-state index contributed by atoms with van der Waals surface area (Å²) >= 11 is 0. The summed E-state index contributed by atoms with van der Waals surface area (Å²) in [5.74, 6) is 2.82. The Morgan fingerprint density at radius 1 is 1.19 bits per heavy atom. The van der Waals surface area contributed by atoms with Crippen molar-refractivity contribution in [3.8, 4) is 0 Å². The molecule has 0 bridgehead atoms. The van der Waals surface area contributed by atoms with Gasteiger partial charge in [-0.05, 0) is 39.7 Å². The monoisotopic (exact) mass is 367 g/mol. The minimum atomic E-state index is 0.532. The van der Waals surface area contributed by atoms with Crippen LogP contribution in [0.3, 0.4) is 0 Å². The van der Waals surface area contributed by atoms with E-state index in [1.807, 2.05) is 37.5 Å². The van der Waals surface area contributed by atoms with Gasteiger partial charge in [-0.15, -0.1) is 0 Å². The summed E-state index contributed by atoms with van der Waals surface area (Å²) in [5, 5.41) is 7.88. The summed E-state index contributed by atoms with van der Waals surface area (Å²) in [6.07, 6.45) is 6.06. The van der Waals surface area contributed by atoms with Crippen molar-refractivity contribution in [2.45, 2.75) is 46.7 Å². The number of imidazole rings is 1. The van der Waals surface area contributed by atoms with Gasteiger partial charge >= 0.3 is 0 Å². The van der Waals surface area contributed by atoms with Crippen LogP contribution in [-0.2, 0) is 13.1 Å². The van der Waals surface area contributed by atoms with Gasteiger partial charge in [0, 0.05) is 43.0 Å². The van der Waals surface area contributed by atoms with Gasteiger partial charge in [-0.1, -0.05) is 18.2 Å². The first kappa shape index (κ1) is 19.0. The predicted molar refractivity (Wildman–Crippen MR) is 110 cm³/mol. The quantitative estimate of drug-likeness (QED) is 0.361. The number of para-hydroxylation sites is 1. The van der Waals surface area contributed by atoms with Crippen molar-refractivity contribution < 1.29 is 4.42 Å². The van der Waals surface area contributed by atoms with Crippen molar-refractivity contribution in [3.05, 3.63) is 53.8 Å². The van der Waals surface area contributed by atoms with Crippen LogP contribution in [0.5, 0.6) is 0 Å². The molecule has 0 aliphatic rings. The first-order chi connectivity index (χ1) is 13.2. The average Bonchev–Trinajstić information content (AvgIpc) is 3.23. The molecule has 0 amide bonds. The van der Waals surface area contributed by atoms with Crippen molar-refractivity contribution in [1.82, 2.24) is 20.2 Å². The third-order valence-electron chi connectivity index (χ3n) is 4.71. The number of furan rings is 1. The van der Waals surface area contributed by atoms with Crippen molar-refractivity contribution in [3.63, 3.8) is 0 Å². The molecule has 0 fully saturated rings. The molecule has 3 rings (SSSR count). The highest BCUT2D eigenvalue weighted by molar-refractivity contribution is 5.82. The third kappa shape index (κ3) is 4.90. The Hall–Kier alpha value is -2.76. The van der Waals surface area contributed by atoms with Gasteiger partial charge in [-0.25, -0.2) is 9.98 Å². The molecule has 2 heterocycles. The van der Waals surface area contributed by atoms with E-state index in [0.29, 0.717) is 6.54 Å². The fourth-order valence-electron chi connectivity index (χ4n) is 3.12. The lowest BCUT2D eigenvalue weighted by Crippen LogP contribution is -2.37. The molecule has 6 heteroatoms. The number of aromatic nitrogens is 2. The van der Waals surface area contributed by atoms with Crippen molar-refractivity contribution in [1.29, 1.82) is 0 Å². The maximum Gasteiger partial charge on any atom is 0.191 e. The van der Waals surface area contributed by atoms with E-state index in [2.05, 4.69) is 45.1 Å². The largest absolute Gasteiger partial charge is 0.459 e. The Kier molecular flexibility index (Phi) is 6.52. The number of aliphatic imine (C=N–C) groups is 1. The summed E-state index contributed by atoms with van der Waals surface area (Å²) in [6.45, 7) is 9.45. The summed E-state index contributed by atoms with van der Waals surface area (Å²) in [4.78, 5) is 8.94. The molecule has 6 nitrogen and oxygen atoms in total. The molecule has 3 aromatic rings. The van der Waals surface area contributed by atoms with E-state index in [9.17, 15) is 0 Å². The number of rotatable bonds is 8. The van der Waals surface area contributed by atoms with E-state index >= 15 is 0 Å². The fraction of sp³-hybridized carbons (Fsp3) is 0.429. The number of nitrogens with one attached hydrogen (secondary N) is 2. The second kappa shape index (κ2) is 9.26. The van der Waals surface area contributed by atoms with Crippen LogP contribution < -0.4 is 10.6 Å². The van der Waals surface area contributed by atoms with E-state index in [0.717, 1.165) is 61.0 Å². The Morgan fingerprint density at radius 3 is 2.78 bits per heavy atom. The van der Waals surface area contributed by atoms with E-state index in [1.54, 1.807) is 0 Å². The highest BCUT2D eigenvalue weighted by Crippen LogP contribution is 2.25. The Morgan fingerprint density at radius 2 is 2.04 bits per heavy atom. The highest BCUT2D eigenvalue weighted by Gasteiger charge is 2.09. The standard InChI is InChI=1S/C21H29N5O/c1-4-22-21(24-11-7-8-13-26-14-12-23-17(26)3)25-15-20-16(2)18-9-5-6-10-19(18)27-20/h5-6,9-10,12,14H,4,7-8,11,13,15H2,1-3H3,(H2,22,24,25). The maximum absolute atomic E-state index is 5.95. The van der Waals surface area contributed by atoms with Gasteiger partial charge in [0.15, 0.2) is 5.96 Å². The van der Waals surface area contributed by atoms with Gasteiger partial charge in [-0.3, -0.25) is 0 Å². The van der Waals surface area contributed by atoms with E-state index in [4.69, 9.17) is 4.42 Å². The lowest BCUT2D eigenvalue weighted by molar-refractivity contribution is 0.547. The smallest absolute Gasteiger partial charge is 0.191 e. The van der Waals surface area contributed by atoms with Gasteiger partial charge in [0.1, 0.15) is 23.7 Å². The van der Waals surface area contributed by atoms with Gasteiger partial charge in [-0.2, -0.15) is 0 Å². The first-order valence-electron chi connectivity index (χ1n) is 9.66. The van der Waals surface area contributed by atoms with Gasteiger partial charge in [0.25, 0.3) is 0 Å². The molecule has 0 spiro atoms. The summed E-state index contributed by atoms with van der Waals surface area (Å²) in [5.41, 5.74) is 2.09. The molecule has 0 aliphatic carbocycles. The minimum Gasteiger partial charge on any atom is -0.459 e. The molecule has 0 atom stereocenters. The number of fused-ring (bicyclic) bond motifs is 1. The second-order valence-corrected chi connectivity index (χ2v) is 6.64. The Balaban J connectivity index is 1.51. The van der Waals surface area contributed by atoms with Crippen LogP contribution in [0.2, 0.25) is 0 Å². The zero-order valence-electron chi connectivity index (χ0n) is 16.5. The molecule has 0 saturated heterocycles. The normalized spacial score (nSPS) is 11.9. The zero-order chi connectivity index (χ0) is 19.1.